The van der Waals surface area contributed by atoms with Gasteiger partial charge in [0.1, 0.15) is 23.3 Å². The van der Waals surface area contributed by atoms with Crippen molar-refractivity contribution in [3.8, 4) is 17.3 Å². The number of hydrogen-bond donors (Lipinski definition) is 4. The van der Waals surface area contributed by atoms with Crippen molar-refractivity contribution < 1.29 is 28.6 Å². The van der Waals surface area contributed by atoms with Gasteiger partial charge >= 0.3 is 6.09 Å². The zero-order valence-electron chi connectivity index (χ0n) is 25.5. The molecule has 2 atom stereocenters. The van der Waals surface area contributed by atoms with Gasteiger partial charge in [0.25, 0.3) is 5.91 Å². The number of aliphatic hydroxyl groups is 1. The van der Waals surface area contributed by atoms with Crippen molar-refractivity contribution in [3.05, 3.63) is 83.2 Å². The van der Waals surface area contributed by atoms with Crippen LogP contribution in [0.15, 0.2) is 60.7 Å². The van der Waals surface area contributed by atoms with Gasteiger partial charge in [-0.15, -0.1) is 0 Å². The summed E-state index contributed by atoms with van der Waals surface area (Å²) in [5.41, 5.74) is 1.81. The molecule has 0 bridgehead atoms. The number of carbonyl (C=O) groups is 3. The molecule has 11 nitrogen and oxygen atoms in total. The van der Waals surface area contributed by atoms with Gasteiger partial charge in [0.2, 0.25) is 5.91 Å². The van der Waals surface area contributed by atoms with Gasteiger partial charge in [-0.3, -0.25) is 9.59 Å². The minimum Gasteiger partial charge on any atom is -0.444 e. The van der Waals surface area contributed by atoms with Crippen LogP contribution in [0.5, 0.6) is 0 Å². The number of hydrogen-bond acceptors (Lipinski definition) is 8. The molecule has 1 aromatic heterocycles. The van der Waals surface area contributed by atoms with Gasteiger partial charge in [0.05, 0.1) is 35.5 Å². The van der Waals surface area contributed by atoms with Gasteiger partial charge < -0.3 is 30.7 Å². The van der Waals surface area contributed by atoms with E-state index in [9.17, 15) is 29.1 Å². The third-order valence-corrected chi connectivity index (χ3v) is 7.16. The molecule has 1 aliphatic heterocycles. The van der Waals surface area contributed by atoms with Gasteiger partial charge in [0.15, 0.2) is 0 Å². The molecule has 0 aliphatic carbocycles. The minimum atomic E-state index is -1.18. The Labute approximate surface area is 261 Å². The molecule has 0 spiro atoms. The predicted octanol–water partition coefficient (Wildman–Crippen LogP) is 3.63. The van der Waals surface area contributed by atoms with E-state index in [1.807, 2.05) is 0 Å². The van der Waals surface area contributed by atoms with Crippen LogP contribution in [0.4, 0.5) is 15.0 Å². The van der Waals surface area contributed by atoms with Crippen LogP contribution in [0.3, 0.4) is 0 Å². The molecule has 2 heterocycles. The van der Waals surface area contributed by atoms with Crippen LogP contribution in [-0.2, 0) is 16.0 Å². The van der Waals surface area contributed by atoms with E-state index >= 15 is 0 Å². The number of carbonyl (C=O) groups excluding carboxylic acids is 3. The number of rotatable bonds is 11. The molecule has 45 heavy (non-hydrogen) atoms. The van der Waals surface area contributed by atoms with E-state index < -0.39 is 36.2 Å². The monoisotopic (exact) mass is 616 g/mol. The zero-order chi connectivity index (χ0) is 32.6. The van der Waals surface area contributed by atoms with Crippen molar-refractivity contribution in [3.63, 3.8) is 0 Å². The first-order chi connectivity index (χ1) is 21.5. The standard InChI is InChI=1S/C33H37FN6O5/c1-33(2,3)45-32(44)39-28(20-41)31(43)40-16-14-24(40)19-37-30(42)26-11-12-27(25-10-5-4-8-22(25)18-35)38-29(26)36-15-13-21-7-6-9-23(34)17-21/h4-12,17,24,28,41H,13-16,19-20H2,1-3H3,(H,36,38)(H,37,42)(H,39,44)/t24-,28-/m1/s1. The number of aromatic nitrogens is 1. The molecule has 2 aromatic carbocycles. The van der Waals surface area contributed by atoms with Crippen LogP contribution in [0.1, 0.15) is 48.7 Å². The highest BCUT2D eigenvalue weighted by atomic mass is 19.1. The smallest absolute Gasteiger partial charge is 0.408 e. The van der Waals surface area contributed by atoms with Crippen LogP contribution >= 0.6 is 0 Å². The molecule has 1 fully saturated rings. The maximum Gasteiger partial charge on any atom is 0.408 e. The molecular weight excluding hydrogens is 579 g/mol. The van der Waals surface area contributed by atoms with Crippen LogP contribution in [0.2, 0.25) is 0 Å². The topological polar surface area (TPSA) is 157 Å². The first-order valence-electron chi connectivity index (χ1n) is 14.7. The summed E-state index contributed by atoms with van der Waals surface area (Å²) in [5.74, 6) is -0.954. The average molecular weight is 617 g/mol. The first-order valence-corrected chi connectivity index (χ1v) is 14.7. The average Bonchev–Trinajstić information content (AvgIpc) is 2.98. The van der Waals surface area contributed by atoms with E-state index in [-0.39, 0.29) is 29.8 Å². The Morgan fingerprint density at radius 3 is 2.60 bits per heavy atom. The fourth-order valence-corrected chi connectivity index (χ4v) is 4.83. The Kier molecular flexibility index (Phi) is 10.7. The van der Waals surface area contributed by atoms with Gasteiger partial charge in [-0.05, 0) is 69.5 Å². The zero-order valence-corrected chi connectivity index (χ0v) is 25.5. The molecule has 4 rings (SSSR count). The number of halogens is 1. The summed E-state index contributed by atoms with van der Waals surface area (Å²) in [6, 6.07) is 17.2. The van der Waals surface area contributed by atoms with Gasteiger partial charge in [-0.2, -0.15) is 5.26 Å². The first kappa shape index (κ1) is 32.9. The molecule has 0 saturated carbocycles. The Balaban J connectivity index is 1.45. The van der Waals surface area contributed by atoms with Crippen LogP contribution in [0, 0.1) is 17.1 Å². The van der Waals surface area contributed by atoms with Crippen LogP contribution < -0.4 is 16.0 Å². The lowest BCUT2D eigenvalue weighted by atomic mass is 10.0. The predicted molar refractivity (Wildman–Crippen MR) is 166 cm³/mol. The quantitative estimate of drug-likeness (QED) is 0.255. The summed E-state index contributed by atoms with van der Waals surface area (Å²) in [6.07, 6.45) is 0.283. The Bertz CT molecular complexity index is 1580. The normalized spacial score (nSPS) is 14.8. The van der Waals surface area contributed by atoms with Gasteiger partial charge in [-0.25, -0.2) is 14.2 Å². The molecule has 0 unspecified atom stereocenters. The highest BCUT2D eigenvalue weighted by Gasteiger charge is 2.37. The van der Waals surface area contributed by atoms with E-state index in [0.717, 1.165) is 5.56 Å². The van der Waals surface area contributed by atoms with E-state index in [1.165, 1.54) is 17.0 Å². The molecule has 3 amide bonds. The summed E-state index contributed by atoms with van der Waals surface area (Å²) in [6.45, 7) is 5.37. The third kappa shape index (κ3) is 8.77. The lowest BCUT2D eigenvalue weighted by Crippen LogP contribution is -2.61. The SMILES string of the molecule is CC(C)(C)OC(=O)N[C@H](CO)C(=O)N1CC[C@@H]1CNC(=O)c1ccc(-c2ccccc2C#N)nc1NCCc1cccc(F)c1. The van der Waals surface area contributed by atoms with Crippen molar-refractivity contribution in [1.82, 2.24) is 20.5 Å². The molecule has 4 N–H and O–H groups in total. The maximum absolute atomic E-state index is 13.7. The number of pyridine rings is 1. The van der Waals surface area contributed by atoms with Crippen molar-refractivity contribution >= 4 is 23.7 Å². The third-order valence-electron chi connectivity index (χ3n) is 7.16. The van der Waals surface area contributed by atoms with E-state index in [4.69, 9.17) is 4.74 Å². The molecule has 3 aromatic rings. The molecule has 1 saturated heterocycles. The largest absolute Gasteiger partial charge is 0.444 e. The number of ether oxygens (including phenoxy) is 1. The number of nitrogens with zero attached hydrogens (tertiary/aromatic N) is 3. The second-order valence-corrected chi connectivity index (χ2v) is 11.6. The van der Waals surface area contributed by atoms with Crippen LogP contribution in [0.25, 0.3) is 11.3 Å². The maximum atomic E-state index is 13.7. The summed E-state index contributed by atoms with van der Waals surface area (Å²) in [5, 5.41) is 27.8. The highest BCUT2D eigenvalue weighted by molar-refractivity contribution is 5.99. The Morgan fingerprint density at radius 1 is 1.16 bits per heavy atom. The van der Waals surface area contributed by atoms with Crippen molar-refractivity contribution in [1.29, 1.82) is 5.26 Å². The molecule has 12 heteroatoms. The molecule has 0 radical (unpaired) electrons. The van der Waals surface area contributed by atoms with E-state index in [2.05, 4.69) is 27.0 Å². The number of aliphatic hydroxyl groups excluding tert-OH is 1. The second-order valence-electron chi connectivity index (χ2n) is 11.6. The van der Waals surface area contributed by atoms with E-state index in [1.54, 1.807) is 69.3 Å². The van der Waals surface area contributed by atoms with E-state index in [0.29, 0.717) is 42.8 Å². The van der Waals surface area contributed by atoms with Crippen LogP contribution in [-0.4, -0.2) is 76.8 Å². The van der Waals surface area contributed by atoms with Gasteiger partial charge in [-0.1, -0.05) is 30.3 Å². The summed E-state index contributed by atoms with van der Waals surface area (Å²) >= 11 is 0. The number of nitriles is 1. The summed E-state index contributed by atoms with van der Waals surface area (Å²) in [4.78, 5) is 44.7. The number of alkyl carbamates (subject to hydrolysis) is 1. The summed E-state index contributed by atoms with van der Waals surface area (Å²) in [7, 11) is 0. The van der Waals surface area contributed by atoms with Crippen molar-refractivity contribution in [2.24, 2.45) is 0 Å². The van der Waals surface area contributed by atoms with Crippen molar-refractivity contribution in [2.75, 3.05) is 31.6 Å². The number of amides is 3. The van der Waals surface area contributed by atoms with Gasteiger partial charge in [0, 0.05) is 25.2 Å². The molecule has 1 aliphatic rings. The Morgan fingerprint density at radius 2 is 1.93 bits per heavy atom. The highest BCUT2D eigenvalue weighted by Crippen LogP contribution is 2.25. The fourth-order valence-electron chi connectivity index (χ4n) is 4.83. The number of likely N-dealkylation sites (tertiary alicyclic amines) is 1. The fraction of sp³-hybridized carbons (Fsp3) is 0.364. The molecular formula is C33H37FN6O5. The van der Waals surface area contributed by atoms with Crippen molar-refractivity contribution in [2.45, 2.75) is 51.3 Å². The lowest BCUT2D eigenvalue weighted by molar-refractivity contribution is -0.142. The molecule has 236 valence electrons. The number of nitrogens with one attached hydrogen (secondary N) is 3. The summed E-state index contributed by atoms with van der Waals surface area (Å²) < 4.78 is 18.9. The lowest BCUT2D eigenvalue weighted by Gasteiger charge is -2.42. The second kappa shape index (κ2) is 14.6. The number of benzene rings is 2. The number of anilines is 1. The minimum absolute atomic E-state index is 0.136. The Hall–Kier alpha value is -5.02.